The fourth-order valence-electron chi connectivity index (χ4n) is 2.22. The summed E-state index contributed by atoms with van der Waals surface area (Å²) in [4.78, 5) is 24.5. The van der Waals surface area contributed by atoms with Gasteiger partial charge in [-0.25, -0.2) is 4.79 Å². The molecule has 0 spiro atoms. The lowest BCUT2D eigenvalue weighted by molar-refractivity contribution is -0.121. The minimum Gasteiger partial charge on any atom is -0.419 e. The predicted octanol–water partition coefficient (Wildman–Crippen LogP) is 4.59. The van der Waals surface area contributed by atoms with Crippen molar-refractivity contribution in [3.63, 3.8) is 0 Å². The third-order valence-electron chi connectivity index (χ3n) is 3.58. The lowest BCUT2D eigenvalue weighted by Gasteiger charge is -2.10. The molecule has 0 bridgehead atoms. The molecule has 0 atom stereocenters. The van der Waals surface area contributed by atoms with Crippen molar-refractivity contribution in [2.45, 2.75) is 26.7 Å². The van der Waals surface area contributed by atoms with Crippen molar-refractivity contribution in [1.29, 1.82) is 0 Å². The van der Waals surface area contributed by atoms with E-state index in [1.165, 1.54) is 5.56 Å². The number of benzene rings is 2. The SMILES string of the molecule is CC(C)C(=O)/C(=C\CCc1ccccc1)OC(=O)c1ccccc1. The minimum absolute atomic E-state index is 0.134. The van der Waals surface area contributed by atoms with Gasteiger partial charge in [0.2, 0.25) is 0 Å². The van der Waals surface area contributed by atoms with Crippen LogP contribution in [0.3, 0.4) is 0 Å². The molecule has 3 heteroatoms. The van der Waals surface area contributed by atoms with Gasteiger partial charge in [-0.1, -0.05) is 62.4 Å². The van der Waals surface area contributed by atoms with Crippen molar-refractivity contribution in [2.24, 2.45) is 5.92 Å². The van der Waals surface area contributed by atoms with E-state index >= 15 is 0 Å². The summed E-state index contributed by atoms with van der Waals surface area (Å²) >= 11 is 0. The quantitative estimate of drug-likeness (QED) is 0.425. The average Bonchev–Trinajstić information content (AvgIpc) is 2.61. The van der Waals surface area contributed by atoms with Gasteiger partial charge in [-0.05, 0) is 36.6 Å². The summed E-state index contributed by atoms with van der Waals surface area (Å²) in [5, 5.41) is 0. The Kier molecular flexibility index (Phi) is 6.50. The molecule has 124 valence electrons. The minimum atomic E-state index is -0.504. The van der Waals surface area contributed by atoms with Gasteiger partial charge in [0.1, 0.15) is 0 Å². The van der Waals surface area contributed by atoms with Gasteiger partial charge in [-0.15, -0.1) is 0 Å². The van der Waals surface area contributed by atoms with E-state index < -0.39 is 5.97 Å². The molecule has 0 aliphatic rings. The number of hydrogen-bond acceptors (Lipinski definition) is 3. The summed E-state index contributed by atoms with van der Waals surface area (Å²) in [6.07, 6.45) is 3.15. The number of carbonyl (C=O) groups is 2. The molecule has 0 fully saturated rings. The van der Waals surface area contributed by atoms with E-state index in [-0.39, 0.29) is 17.5 Å². The molecule has 24 heavy (non-hydrogen) atoms. The summed E-state index contributed by atoms with van der Waals surface area (Å²) in [6, 6.07) is 18.7. The van der Waals surface area contributed by atoms with Crippen LogP contribution in [0.15, 0.2) is 72.5 Å². The van der Waals surface area contributed by atoms with Gasteiger partial charge >= 0.3 is 5.97 Å². The molecular formula is C21H22O3. The second kappa shape index (κ2) is 8.82. The van der Waals surface area contributed by atoms with Crippen LogP contribution in [-0.2, 0) is 16.0 Å². The Morgan fingerprint density at radius 3 is 2.12 bits per heavy atom. The summed E-state index contributed by atoms with van der Waals surface area (Å²) in [7, 11) is 0. The molecule has 0 radical (unpaired) electrons. The Morgan fingerprint density at radius 2 is 1.54 bits per heavy atom. The van der Waals surface area contributed by atoms with Gasteiger partial charge in [0.25, 0.3) is 0 Å². The van der Waals surface area contributed by atoms with Gasteiger partial charge in [0.05, 0.1) is 5.56 Å². The highest BCUT2D eigenvalue weighted by Gasteiger charge is 2.19. The van der Waals surface area contributed by atoms with Gasteiger partial charge in [-0.3, -0.25) is 4.79 Å². The number of aryl methyl sites for hydroxylation is 1. The highest BCUT2D eigenvalue weighted by molar-refractivity contribution is 5.99. The largest absolute Gasteiger partial charge is 0.419 e. The summed E-state index contributed by atoms with van der Waals surface area (Å²) in [6.45, 7) is 3.59. The van der Waals surface area contributed by atoms with Crippen LogP contribution in [0.2, 0.25) is 0 Å². The Balaban J connectivity index is 2.08. The zero-order valence-corrected chi connectivity index (χ0v) is 14.1. The van der Waals surface area contributed by atoms with Crippen LogP contribution in [-0.4, -0.2) is 11.8 Å². The van der Waals surface area contributed by atoms with E-state index in [0.29, 0.717) is 12.0 Å². The van der Waals surface area contributed by atoms with Crippen LogP contribution in [0.4, 0.5) is 0 Å². The van der Waals surface area contributed by atoms with E-state index in [9.17, 15) is 9.59 Å². The number of hydrogen-bond donors (Lipinski definition) is 0. The van der Waals surface area contributed by atoms with Crippen LogP contribution in [0.5, 0.6) is 0 Å². The zero-order valence-electron chi connectivity index (χ0n) is 14.1. The molecule has 0 aliphatic carbocycles. The zero-order chi connectivity index (χ0) is 17.4. The Morgan fingerprint density at radius 1 is 0.958 bits per heavy atom. The van der Waals surface area contributed by atoms with Crippen molar-refractivity contribution >= 4 is 11.8 Å². The maximum atomic E-state index is 12.3. The lowest BCUT2D eigenvalue weighted by atomic mass is 10.0. The van der Waals surface area contributed by atoms with E-state index in [0.717, 1.165) is 6.42 Å². The van der Waals surface area contributed by atoms with Crippen molar-refractivity contribution in [3.8, 4) is 0 Å². The number of Topliss-reactive ketones (excluding diaryl/α,β-unsaturated/α-hetero) is 1. The van der Waals surface area contributed by atoms with Gasteiger partial charge in [0, 0.05) is 5.92 Å². The predicted molar refractivity (Wildman–Crippen MR) is 94.5 cm³/mol. The second-order valence-corrected chi connectivity index (χ2v) is 5.87. The number of esters is 1. The highest BCUT2D eigenvalue weighted by Crippen LogP contribution is 2.14. The smallest absolute Gasteiger partial charge is 0.343 e. The summed E-state index contributed by atoms with van der Waals surface area (Å²) in [5.74, 6) is -0.755. The van der Waals surface area contributed by atoms with Crippen LogP contribution in [0.25, 0.3) is 0 Å². The van der Waals surface area contributed by atoms with E-state index in [1.807, 2.05) is 36.4 Å². The fraction of sp³-hybridized carbons (Fsp3) is 0.238. The Labute approximate surface area is 143 Å². The topological polar surface area (TPSA) is 43.4 Å². The first-order valence-corrected chi connectivity index (χ1v) is 8.13. The molecule has 0 N–H and O–H groups in total. The summed E-state index contributed by atoms with van der Waals surface area (Å²) < 4.78 is 5.37. The molecule has 0 saturated carbocycles. The third-order valence-corrected chi connectivity index (χ3v) is 3.58. The van der Waals surface area contributed by atoms with Crippen molar-refractivity contribution in [1.82, 2.24) is 0 Å². The first-order chi connectivity index (χ1) is 11.6. The van der Waals surface area contributed by atoms with Gasteiger partial charge in [-0.2, -0.15) is 0 Å². The highest BCUT2D eigenvalue weighted by atomic mass is 16.5. The Hall–Kier alpha value is -2.68. The normalized spacial score (nSPS) is 11.4. The van der Waals surface area contributed by atoms with Crippen molar-refractivity contribution in [3.05, 3.63) is 83.6 Å². The number of ketones is 1. The van der Waals surface area contributed by atoms with Crippen LogP contribution < -0.4 is 0 Å². The Bertz CT molecular complexity index is 700. The molecular weight excluding hydrogens is 300 g/mol. The lowest BCUT2D eigenvalue weighted by Crippen LogP contribution is -2.16. The fourth-order valence-corrected chi connectivity index (χ4v) is 2.22. The molecule has 3 nitrogen and oxygen atoms in total. The first-order valence-electron chi connectivity index (χ1n) is 8.13. The van der Waals surface area contributed by atoms with Crippen molar-refractivity contribution < 1.29 is 14.3 Å². The number of ether oxygens (including phenoxy) is 1. The number of allylic oxidation sites excluding steroid dienone is 2. The molecule has 2 rings (SSSR count). The third kappa shape index (κ3) is 5.20. The number of rotatable bonds is 7. The maximum absolute atomic E-state index is 12.3. The van der Waals surface area contributed by atoms with Gasteiger partial charge in [0.15, 0.2) is 11.5 Å². The number of carbonyl (C=O) groups excluding carboxylic acids is 2. The molecule has 2 aromatic rings. The van der Waals surface area contributed by atoms with E-state index in [2.05, 4.69) is 0 Å². The van der Waals surface area contributed by atoms with E-state index in [1.54, 1.807) is 44.2 Å². The van der Waals surface area contributed by atoms with Crippen LogP contribution in [0, 0.1) is 5.92 Å². The molecule has 0 amide bonds. The van der Waals surface area contributed by atoms with Crippen LogP contribution >= 0.6 is 0 Å². The molecule has 0 aliphatic heterocycles. The molecule has 0 saturated heterocycles. The standard InChI is InChI=1S/C21H22O3/c1-16(2)20(22)19(15-9-12-17-10-5-3-6-11-17)24-21(23)18-13-7-4-8-14-18/h3-8,10-11,13-16H,9,12H2,1-2H3/b19-15+. The maximum Gasteiger partial charge on any atom is 0.343 e. The average molecular weight is 322 g/mol. The monoisotopic (exact) mass is 322 g/mol. The molecule has 0 heterocycles. The van der Waals surface area contributed by atoms with Crippen molar-refractivity contribution in [2.75, 3.05) is 0 Å². The van der Waals surface area contributed by atoms with Crippen LogP contribution in [0.1, 0.15) is 36.2 Å². The van der Waals surface area contributed by atoms with E-state index in [4.69, 9.17) is 4.74 Å². The molecule has 0 aromatic heterocycles. The first kappa shape index (κ1) is 17.7. The molecule has 2 aromatic carbocycles. The summed E-state index contributed by atoms with van der Waals surface area (Å²) in [5.41, 5.74) is 1.61. The van der Waals surface area contributed by atoms with Gasteiger partial charge < -0.3 is 4.74 Å². The molecule has 0 unspecified atom stereocenters. The second-order valence-electron chi connectivity index (χ2n) is 5.87.